The molecule has 0 saturated heterocycles. The number of halogens is 1. The number of fused-ring (bicyclic) bond motifs is 1. The Morgan fingerprint density at radius 2 is 1.94 bits per heavy atom. The SMILES string of the molecule is COc1ccc(CN2C(=O)NC(C#Cc3cncnc3)(C3CC3)c3cc(Cl)ccc32)cc1. The molecule has 0 radical (unpaired) electrons. The Kier molecular flexibility index (Phi) is 5.20. The molecule has 1 N–H and O–H groups in total. The molecule has 1 unspecified atom stereocenters. The largest absolute Gasteiger partial charge is 0.497 e. The number of methoxy groups -OCH3 is 1. The smallest absolute Gasteiger partial charge is 0.323 e. The van der Waals surface area contributed by atoms with Crippen LogP contribution in [0.2, 0.25) is 5.02 Å². The van der Waals surface area contributed by atoms with Gasteiger partial charge in [0.15, 0.2) is 0 Å². The summed E-state index contributed by atoms with van der Waals surface area (Å²) in [7, 11) is 1.63. The van der Waals surface area contributed by atoms with Crippen LogP contribution in [-0.2, 0) is 12.1 Å². The summed E-state index contributed by atoms with van der Waals surface area (Å²) in [6, 6.07) is 13.2. The van der Waals surface area contributed by atoms with Gasteiger partial charge in [0.25, 0.3) is 0 Å². The number of hydrogen-bond acceptors (Lipinski definition) is 4. The number of carbonyl (C=O) groups is 1. The van der Waals surface area contributed by atoms with Crippen LogP contribution in [0.5, 0.6) is 5.75 Å². The van der Waals surface area contributed by atoms with Crippen molar-refractivity contribution in [1.82, 2.24) is 15.3 Å². The fourth-order valence-electron chi connectivity index (χ4n) is 4.12. The van der Waals surface area contributed by atoms with E-state index in [1.54, 1.807) is 24.4 Å². The summed E-state index contributed by atoms with van der Waals surface area (Å²) in [5.41, 5.74) is 2.63. The highest BCUT2D eigenvalue weighted by atomic mass is 35.5. The summed E-state index contributed by atoms with van der Waals surface area (Å²) in [5.74, 6) is 7.53. The molecule has 1 fully saturated rings. The number of carbonyl (C=O) groups excluding carboxylic acids is 1. The lowest BCUT2D eigenvalue weighted by Crippen LogP contribution is -2.56. The first-order valence-corrected chi connectivity index (χ1v) is 10.8. The van der Waals surface area contributed by atoms with Gasteiger partial charge in [-0.15, -0.1) is 0 Å². The molecule has 1 aliphatic heterocycles. The molecule has 2 amide bonds. The normalized spacial score (nSPS) is 19.4. The third kappa shape index (κ3) is 3.76. The van der Waals surface area contributed by atoms with Crippen LogP contribution in [0.4, 0.5) is 10.5 Å². The molecule has 6 nitrogen and oxygen atoms in total. The molecule has 1 aromatic heterocycles. The van der Waals surface area contributed by atoms with Crippen molar-refractivity contribution in [2.75, 3.05) is 12.0 Å². The number of urea groups is 1. The fourth-order valence-corrected chi connectivity index (χ4v) is 4.29. The van der Waals surface area contributed by atoms with Crippen LogP contribution < -0.4 is 15.0 Å². The second-order valence-corrected chi connectivity index (χ2v) is 8.42. The first kappa shape index (κ1) is 20.3. The number of nitrogens with one attached hydrogen (secondary N) is 1. The van der Waals surface area contributed by atoms with Crippen LogP contribution in [-0.4, -0.2) is 23.1 Å². The zero-order valence-electron chi connectivity index (χ0n) is 17.5. The summed E-state index contributed by atoms with van der Waals surface area (Å²) in [5, 5.41) is 3.84. The summed E-state index contributed by atoms with van der Waals surface area (Å²) in [6.45, 7) is 0.422. The number of nitrogens with zero attached hydrogens (tertiary/aromatic N) is 3. The maximum Gasteiger partial charge on any atom is 0.323 e. The maximum absolute atomic E-state index is 13.4. The molecule has 1 saturated carbocycles. The molecule has 0 spiro atoms. The van der Waals surface area contributed by atoms with Gasteiger partial charge in [-0.25, -0.2) is 14.8 Å². The van der Waals surface area contributed by atoms with Gasteiger partial charge in [0, 0.05) is 23.0 Å². The minimum absolute atomic E-state index is 0.179. The van der Waals surface area contributed by atoms with E-state index in [0.29, 0.717) is 17.1 Å². The van der Waals surface area contributed by atoms with Crippen molar-refractivity contribution in [3.63, 3.8) is 0 Å². The van der Waals surface area contributed by atoms with E-state index in [-0.39, 0.29) is 11.9 Å². The van der Waals surface area contributed by atoms with Crippen molar-refractivity contribution in [3.8, 4) is 17.6 Å². The minimum Gasteiger partial charge on any atom is -0.497 e. The minimum atomic E-state index is -0.802. The fraction of sp³-hybridized carbons (Fsp3) is 0.240. The van der Waals surface area contributed by atoms with Crippen LogP contribution in [0.3, 0.4) is 0 Å². The Morgan fingerprint density at radius 3 is 2.62 bits per heavy atom. The first-order chi connectivity index (χ1) is 15.6. The van der Waals surface area contributed by atoms with Gasteiger partial charge in [-0.1, -0.05) is 35.6 Å². The van der Waals surface area contributed by atoms with E-state index < -0.39 is 5.54 Å². The lowest BCUT2D eigenvalue weighted by atomic mass is 9.82. The second-order valence-electron chi connectivity index (χ2n) is 7.99. The van der Waals surface area contributed by atoms with Crippen LogP contribution in [0.25, 0.3) is 0 Å². The van der Waals surface area contributed by atoms with Crippen molar-refractivity contribution in [2.24, 2.45) is 5.92 Å². The van der Waals surface area contributed by atoms with Crippen LogP contribution in [0.1, 0.15) is 29.5 Å². The standard InChI is InChI=1S/C25H21ClN4O2/c1-32-21-7-2-17(3-8-21)15-30-23-9-6-20(26)12-22(23)25(19-4-5-19,29-24(30)31)11-10-18-13-27-16-28-14-18/h2-3,6-9,12-14,16,19H,4-5,15H2,1H3,(H,29,31). The van der Waals surface area contributed by atoms with Crippen LogP contribution >= 0.6 is 11.6 Å². The monoisotopic (exact) mass is 444 g/mol. The van der Waals surface area contributed by atoms with E-state index in [2.05, 4.69) is 27.1 Å². The molecule has 0 bridgehead atoms. The number of benzene rings is 2. The summed E-state index contributed by atoms with van der Waals surface area (Å²) in [6.07, 6.45) is 6.78. The van der Waals surface area contributed by atoms with Crippen molar-refractivity contribution in [3.05, 3.63) is 82.9 Å². The number of anilines is 1. The van der Waals surface area contributed by atoms with E-state index in [1.807, 2.05) is 42.5 Å². The van der Waals surface area contributed by atoms with Crippen molar-refractivity contribution < 1.29 is 9.53 Å². The number of ether oxygens (including phenoxy) is 1. The van der Waals surface area contributed by atoms with E-state index in [9.17, 15) is 4.79 Å². The van der Waals surface area contributed by atoms with E-state index >= 15 is 0 Å². The molecular weight excluding hydrogens is 424 g/mol. The van der Waals surface area contributed by atoms with E-state index in [4.69, 9.17) is 16.3 Å². The third-order valence-corrected chi connectivity index (χ3v) is 6.11. The Morgan fingerprint density at radius 1 is 1.19 bits per heavy atom. The van der Waals surface area contributed by atoms with Gasteiger partial charge in [0.1, 0.15) is 17.6 Å². The molecule has 1 atom stereocenters. The van der Waals surface area contributed by atoms with Gasteiger partial charge < -0.3 is 10.1 Å². The third-order valence-electron chi connectivity index (χ3n) is 5.88. The predicted molar refractivity (Wildman–Crippen MR) is 122 cm³/mol. The molecule has 2 heterocycles. The number of aromatic nitrogens is 2. The van der Waals surface area contributed by atoms with Gasteiger partial charge in [-0.05, 0) is 54.7 Å². The van der Waals surface area contributed by atoms with Crippen LogP contribution in [0, 0.1) is 17.8 Å². The molecule has 7 heteroatoms. The second kappa shape index (κ2) is 8.18. The number of rotatable bonds is 4. The maximum atomic E-state index is 13.4. The van der Waals surface area contributed by atoms with Crippen molar-refractivity contribution in [2.45, 2.75) is 24.9 Å². The van der Waals surface area contributed by atoms with Crippen molar-refractivity contribution >= 4 is 23.3 Å². The van der Waals surface area contributed by atoms with Gasteiger partial charge in [0.05, 0.1) is 24.9 Å². The summed E-state index contributed by atoms with van der Waals surface area (Å²) < 4.78 is 5.24. The Labute approximate surface area is 191 Å². The number of amides is 2. The van der Waals surface area contributed by atoms with Gasteiger partial charge >= 0.3 is 6.03 Å². The van der Waals surface area contributed by atoms with Gasteiger partial charge in [-0.3, -0.25) is 4.90 Å². The average molecular weight is 445 g/mol. The predicted octanol–water partition coefficient (Wildman–Crippen LogP) is 4.53. The highest BCUT2D eigenvalue weighted by Crippen LogP contribution is 2.50. The van der Waals surface area contributed by atoms with E-state index in [1.165, 1.54) is 6.33 Å². The lowest BCUT2D eigenvalue weighted by Gasteiger charge is -2.41. The van der Waals surface area contributed by atoms with Gasteiger partial charge in [-0.2, -0.15) is 0 Å². The summed E-state index contributed by atoms with van der Waals surface area (Å²) >= 11 is 6.41. The lowest BCUT2D eigenvalue weighted by molar-refractivity contribution is 0.231. The zero-order chi connectivity index (χ0) is 22.1. The zero-order valence-corrected chi connectivity index (χ0v) is 18.3. The Hall–Kier alpha value is -3.56. The molecule has 2 aliphatic rings. The quantitative estimate of drug-likeness (QED) is 0.600. The van der Waals surface area contributed by atoms with Crippen molar-refractivity contribution in [1.29, 1.82) is 0 Å². The molecule has 1 aliphatic carbocycles. The topological polar surface area (TPSA) is 67.3 Å². The van der Waals surface area contributed by atoms with Crippen LogP contribution in [0.15, 0.2) is 61.2 Å². The molecule has 2 aromatic carbocycles. The average Bonchev–Trinajstić information content (AvgIpc) is 3.67. The molecular formula is C25H21ClN4O2. The van der Waals surface area contributed by atoms with Gasteiger partial charge in [0.2, 0.25) is 0 Å². The molecule has 3 aromatic rings. The highest BCUT2D eigenvalue weighted by molar-refractivity contribution is 6.30. The van der Waals surface area contributed by atoms with E-state index in [0.717, 1.165) is 35.4 Å². The molecule has 5 rings (SSSR count). The number of hydrogen-bond donors (Lipinski definition) is 1. The highest BCUT2D eigenvalue weighted by Gasteiger charge is 2.51. The summed E-state index contributed by atoms with van der Waals surface area (Å²) in [4.78, 5) is 23.2. The Balaban J connectivity index is 1.58. The Bertz CT molecular complexity index is 1220. The molecule has 160 valence electrons. The molecule has 32 heavy (non-hydrogen) atoms. The first-order valence-electron chi connectivity index (χ1n) is 10.4.